The lowest BCUT2D eigenvalue weighted by atomic mass is 9.75. The number of rotatable bonds is 2. The van der Waals surface area contributed by atoms with Gasteiger partial charge in [-0.1, -0.05) is 36.0 Å². The third-order valence-corrected chi connectivity index (χ3v) is 4.02. The predicted molar refractivity (Wildman–Crippen MR) is 73.2 cm³/mol. The Balaban J connectivity index is 2.30. The highest BCUT2D eigenvalue weighted by atomic mass is 35.5. The molecule has 0 aliphatic heterocycles. The predicted octanol–water partition coefficient (Wildman–Crippen LogP) is 4.44. The average molecular weight is 287 g/mol. The molecule has 1 aromatic rings. The van der Waals surface area contributed by atoms with Crippen molar-refractivity contribution in [1.82, 2.24) is 0 Å². The lowest BCUT2D eigenvalue weighted by Gasteiger charge is -2.30. The number of carbonyl (C=O) groups is 1. The minimum atomic E-state index is -0.129. The van der Waals surface area contributed by atoms with E-state index in [1.165, 1.54) is 7.11 Å². The lowest BCUT2D eigenvalue weighted by Crippen LogP contribution is -2.26. The van der Waals surface area contributed by atoms with E-state index < -0.39 is 0 Å². The van der Waals surface area contributed by atoms with Crippen molar-refractivity contribution in [2.24, 2.45) is 5.92 Å². The monoisotopic (exact) mass is 286 g/mol. The molecule has 1 fully saturated rings. The number of ether oxygens (including phenoxy) is 1. The molecule has 0 heterocycles. The van der Waals surface area contributed by atoms with Gasteiger partial charge in [0.1, 0.15) is 0 Å². The molecule has 4 heteroatoms. The third kappa shape index (κ3) is 2.99. The molecular formula is C14H16Cl2O2. The summed E-state index contributed by atoms with van der Waals surface area (Å²) < 4.78 is 4.90. The minimum Gasteiger partial charge on any atom is -0.469 e. The Morgan fingerprint density at radius 2 is 1.78 bits per heavy atom. The highest BCUT2D eigenvalue weighted by Gasteiger charge is 2.32. The molecular weight excluding hydrogens is 271 g/mol. The van der Waals surface area contributed by atoms with Crippen LogP contribution in [-0.2, 0) is 9.53 Å². The van der Waals surface area contributed by atoms with E-state index in [4.69, 9.17) is 27.9 Å². The molecule has 2 rings (SSSR count). The second kappa shape index (κ2) is 5.94. The summed E-state index contributed by atoms with van der Waals surface area (Å²) in [4.78, 5) is 11.8. The molecule has 2 unspecified atom stereocenters. The third-order valence-electron chi connectivity index (χ3n) is 3.58. The van der Waals surface area contributed by atoms with Crippen LogP contribution in [0.3, 0.4) is 0 Å². The van der Waals surface area contributed by atoms with Gasteiger partial charge in [-0.3, -0.25) is 4.79 Å². The van der Waals surface area contributed by atoms with Crippen LogP contribution in [-0.4, -0.2) is 13.1 Å². The number of halogens is 2. The maximum atomic E-state index is 11.8. The van der Waals surface area contributed by atoms with Gasteiger partial charge in [0.05, 0.1) is 13.0 Å². The van der Waals surface area contributed by atoms with E-state index in [2.05, 4.69) is 0 Å². The second-order valence-corrected chi connectivity index (χ2v) is 5.60. The first kappa shape index (κ1) is 13.7. The summed E-state index contributed by atoms with van der Waals surface area (Å²) in [7, 11) is 1.44. The van der Waals surface area contributed by atoms with Crippen molar-refractivity contribution in [3.05, 3.63) is 33.8 Å². The average Bonchev–Trinajstić information content (AvgIpc) is 2.36. The van der Waals surface area contributed by atoms with Crippen molar-refractivity contribution in [2.75, 3.05) is 7.11 Å². The van der Waals surface area contributed by atoms with Gasteiger partial charge < -0.3 is 4.74 Å². The molecule has 0 spiro atoms. The summed E-state index contributed by atoms with van der Waals surface area (Å²) >= 11 is 12.1. The summed E-state index contributed by atoms with van der Waals surface area (Å²) in [6, 6.07) is 5.52. The van der Waals surface area contributed by atoms with Crippen LogP contribution in [0.1, 0.15) is 37.2 Å². The highest BCUT2D eigenvalue weighted by molar-refractivity contribution is 6.34. The maximum absolute atomic E-state index is 11.8. The van der Waals surface area contributed by atoms with Crippen LogP contribution in [0.5, 0.6) is 0 Å². The van der Waals surface area contributed by atoms with E-state index in [-0.39, 0.29) is 17.8 Å². The standard InChI is InChI=1S/C14H16Cl2O2/c1-18-14(17)13-5-3-2-4-12(13)9-6-10(15)8-11(16)7-9/h6-8,12-13H,2-5H2,1H3. The Labute approximate surface area is 117 Å². The molecule has 0 N–H and O–H groups in total. The van der Waals surface area contributed by atoms with E-state index >= 15 is 0 Å². The number of methoxy groups -OCH3 is 1. The first-order valence-electron chi connectivity index (χ1n) is 6.15. The van der Waals surface area contributed by atoms with Crippen molar-refractivity contribution in [3.63, 3.8) is 0 Å². The van der Waals surface area contributed by atoms with Crippen molar-refractivity contribution in [1.29, 1.82) is 0 Å². The van der Waals surface area contributed by atoms with Crippen LogP contribution < -0.4 is 0 Å². The molecule has 0 bridgehead atoms. The Morgan fingerprint density at radius 1 is 1.17 bits per heavy atom. The summed E-state index contributed by atoms with van der Waals surface area (Å²) in [5.41, 5.74) is 1.04. The van der Waals surface area contributed by atoms with Gasteiger partial charge in [-0.15, -0.1) is 0 Å². The van der Waals surface area contributed by atoms with Crippen molar-refractivity contribution in [3.8, 4) is 0 Å². The van der Waals surface area contributed by atoms with Gasteiger partial charge in [0, 0.05) is 10.0 Å². The molecule has 0 aromatic heterocycles. The first-order valence-corrected chi connectivity index (χ1v) is 6.91. The normalized spacial score (nSPS) is 23.7. The minimum absolute atomic E-state index is 0.0710. The second-order valence-electron chi connectivity index (χ2n) is 4.72. The zero-order valence-corrected chi connectivity index (χ0v) is 11.8. The first-order chi connectivity index (χ1) is 8.61. The van der Waals surface area contributed by atoms with Crippen LogP contribution in [0.4, 0.5) is 0 Å². The maximum Gasteiger partial charge on any atom is 0.309 e. The Hall–Kier alpha value is -0.730. The summed E-state index contributed by atoms with van der Waals surface area (Å²) in [5.74, 6) is -0.0310. The van der Waals surface area contributed by atoms with Crippen LogP contribution in [0.2, 0.25) is 10.0 Å². The molecule has 1 aliphatic carbocycles. The van der Waals surface area contributed by atoms with E-state index in [1.54, 1.807) is 6.07 Å². The van der Waals surface area contributed by atoms with Crippen LogP contribution >= 0.6 is 23.2 Å². The summed E-state index contributed by atoms with van der Waals surface area (Å²) in [5, 5.41) is 1.23. The summed E-state index contributed by atoms with van der Waals surface area (Å²) in [6.45, 7) is 0. The van der Waals surface area contributed by atoms with Gasteiger partial charge in [-0.25, -0.2) is 0 Å². The number of benzene rings is 1. The number of esters is 1. The van der Waals surface area contributed by atoms with Gasteiger partial charge in [-0.05, 0) is 42.5 Å². The Kier molecular flexibility index (Phi) is 4.52. The number of carbonyl (C=O) groups excluding carboxylic acids is 1. The fourth-order valence-electron chi connectivity index (χ4n) is 2.75. The van der Waals surface area contributed by atoms with E-state index in [0.717, 1.165) is 31.2 Å². The largest absolute Gasteiger partial charge is 0.469 e. The molecule has 0 radical (unpaired) electrons. The van der Waals surface area contributed by atoms with Crippen LogP contribution in [0.15, 0.2) is 18.2 Å². The van der Waals surface area contributed by atoms with Gasteiger partial charge in [-0.2, -0.15) is 0 Å². The fourth-order valence-corrected chi connectivity index (χ4v) is 3.30. The van der Waals surface area contributed by atoms with Crippen LogP contribution in [0.25, 0.3) is 0 Å². The Morgan fingerprint density at radius 3 is 2.39 bits per heavy atom. The molecule has 2 nitrogen and oxygen atoms in total. The number of hydrogen-bond acceptors (Lipinski definition) is 2. The van der Waals surface area contributed by atoms with Gasteiger partial charge >= 0.3 is 5.97 Å². The van der Waals surface area contributed by atoms with Gasteiger partial charge in [0.25, 0.3) is 0 Å². The smallest absolute Gasteiger partial charge is 0.309 e. The topological polar surface area (TPSA) is 26.3 Å². The molecule has 98 valence electrons. The molecule has 18 heavy (non-hydrogen) atoms. The van der Waals surface area contributed by atoms with Crippen molar-refractivity contribution < 1.29 is 9.53 Å². The quantitative estimate of drug-likeness (QED) is 0.752. The van der Waals surface area contributed by atoms with E-state index in [9.17, 15) is 4.79 Å². The molecule has 1 saturated carbocycles. The van der Waals surface area contributed by atoms with E-state index in [0.29, 0.717) is 10.0 Å². The van der Waals surface area contributed by atoms with E-state index in [1.807, 2.05) is 12.1 Å². The molecule has 2 atom stereocenters. The number of hydrogen-bond donors (Lipinski definition) is 0. The SMILES string of the molecule is COC(=O)C1CCCCC1c1cc(Cl)cc(Cl)c1. The lowest BCUT2D eigenvalue weighted by molar-refractivity contribution is -0.147. The molecule has 0 amide bonds. The zero-order chi connectivity index (χ0) is 13.1. The Bertz CT molecular complexity index is 425. The molecule has 1 aromatic carbocycles. The van der Waals surface area contributed by atoms with Crippen molar-refractivity contribution >= 4 is 29.2 Å². The summed E-state index contributed by atoms with van der Waals surface area (Å²) in [6.07, 6.45) is 4.06. The van der Waals surface area contributed by atoms with Crippen LogP contribution in [0, 0.1) is 5.92 Å². The molecule has 0 saturated heterocycles. The molecule has 1 aliphatic rings. The highest BCUT2D eigenvalue weighted by Crippen LogP contribution is 2.40. The van der Waals surface area contributed by atoms with Gasteiger partial charge in [0.15, 0.2) is 0 Å². The van der Waals surface area contributed by atoms with Gasteiger partial charge in [0.2, 0.25) is 0 Å². The van der Waals surface area contributed by atoms with Crippen molar-refractivity contribution in [2.45, 2.75) is 31.6 Å². The fraction of sp³-hybridized carbons (Fsp3) is 0.500. The zero-order valence-electron chi connectivity index (χ0n) is 10.3.